The number of rotatable bonds is 16. The fourth-order valence-electron chi connectivity index (χ4n) is 7.71. The van der Waals surface area contributed by atoms with Crippen LogP contribution < -0.4 is 5.32 Å². The van der Waals surface area contributed by atoms with E-state index in [0.29, 0.717) is 19.4 Å². The maximum atomic E-state index is 14.5. The second-order valence-electron chi connectivity index (χ2n) is 15.6. The zero-order valence-electron chi connectivity index (χ0n) is 29.1. The number of Topliss-reactive ketones (excluding diaryl/α,β-unsaturated/α-hetero) is 4. The summed E-state index contributed by atoms with van der Waals surface area (Å²) in [6.45, 7) is 11.7. The number of carbonyl (C=O) groups excluding carboxylic acids is 6. The Kier molecular flexibility index (Phi) is 12.2. The molecule has 4 rings (SSSR count). The predicted molar refractivity (Wildman–Crippen MR) is 177 cm³/mol. The highest BCUT2D eigenvalue weighted by molar-refractivity contribution is 6.38. The van der Waals surface area contributed by atoms with Gasteiger partial charge in [-0.05, 0) is 61.2 Å². The van der Waals surface area contributed by atoms with Crippen molar-refractivity contribution in [2.75, 3.05) is 6.54 Å². The average molecular weight is 651 g/mol. The minimum atomic E-state index is -0.936. The first-order valence-corrected chi connectivity index (χ1v) is 17.7. The minimum Gasteiger partial charge on any atom is -0.344 e. The molecule has 2 amide bonds. The molecule has 1 saturated heterocycles. The van der Waals surface area contributed by atoms with Gasteiger partial charge in [0.2, 0.25) is 17.6 Å². The molecular weight excluding hydrogens is 596 g/mol. The number of hydrogen-bond acceptors (Lipinski definition) is 8. The van der Waals surface area contributed by atoms with Gasteiger partial charge in [0.1, 0.15) is 11.7 Å². The van der Waals surface area contributed by atoms with Gasteiger partial charge in [-0.1, -0.05) is 60.8 Å². The lowest BCUT2D eigenvalue weighted by molar-refractivity contribution is -0.146. The first kappa shape index (κ1) is 36.5. The van der Waals surface area contributed by atoms with Gasteiger partial charge in [-0.2, -0.15) is 0 Å². The molecule has 6 atom stereocenters. The molecule has 10 nitrogen and oxygen atoms in total. The Hall–Kier alpha value is -3.30. The lowest BCUT2D eigenvalue weighted by Crippen LogP contribution is -2.58. The first-order valence-electron chi connectivity index (χ1n) is 17.7. The maximum Gasteiger partial charge on any atom is 0.246 e. The molecule has 0 radical (unpaired) electrons. The molecule has 3 fully saturated rings. The Morgan fingerprint density at radius 2 is 1.68 bits per heavy atom. The van der Waals surface area contributed by atoms with Crippen LogP contribution in [0.3, 0.4) is 0 Å². The molecule has 1 N–H and O–H groups in total. The standard InChI is InChI=1S/C37H54N4O6/c1-7-10-24(33(45)31(44)17-23-11-8-12-23)18-30(43)32-26-14-9-13-25(26)21-41(32)36(47)34(37(4,5)6)40-35(46)27(22(2)3)19-29(42)28-20-38-15-16-39-28/h15-16,20,22-27,32,34H,7-14,17-19,21H2,1-6H3,(H,40,46)/t24?,25-,26-,27+,32?,34+/m0/s1. The van der Waals surface area contributed by atoms with Crippen molar-refractivity contribution in [1.29, 1.82) is 0 Å². The molecule has 2 saturated carbocycles. The number of aromatic nitrogens is 2. The van der Waals surface area contributed by atoms with Gasteiger partial charge >= 0.3 is 0 Å². The molecule has 0 aromatic carbocycles. The van der Waals surface area contributed by atoms with Gasteiger partial charge in [0.15, 0.2) is 17.3 Å². The third-order valence-electron chi connectivity index (χ3n) is 10.7. The van der Waals surface area contributed by atoms with Gasteiger partial charge < -0.3 is 10.2 Å². The lowest BCUT2D eigenvalue weighted by Gasteiger charge is -2.37. The van der Waals surface area contributed by atoms with E-state index in [-0.39, 0.29) is 71.9 Å². The molecule has 3 aliphatic rings. The van der Waals surface area contributed by atoms with Crippen LogP contribution in [0.15, 0.2) is 18.6 Å². The Morgan fingerprint density at radius 3 is 2.26 bits per heavy atom. The Bertz CT molecular complexity index is 1320. The van der Waals surface area contributed by atoms with Crippen LogP contribution in [-0.2, 0) is 24.0 Å². The van der Waals surface area contributed by atoms with Gasteiger partial charge in [0.25, 0.3) is 0 Å². The summed E-state index contributed by atoms with van der Waals surface area (Å²) in [5.41, 5.74) is -0.507. The van der Waals surface area contributed by atoms with E-state index < -0.39 is 41.0 Å². The van der Waals surface area contributed by atoms with Crippen molar-refractivity contribution in [3.05, 3.63) is 24.3 Å². The number of amides is 2. The van der Waals surface area contributed by atoms with Crippen molar-refractivity contribution in [3.63, 3.8) is 0 Å². The molecule has 1 aromatic heterocycles. The van der Waals surface area contributed by atoms with Gasteiger partial charge in [-0.25, -0.2) is 4.98 Å². The van der Waals surface area contributed by atoms with Crippen molar-refractivity contribution in [2.24, 2.45) is 40.9 Å². The predicted octanol–water partition coefficient (Wildman–Crippen LogP) is 5.18. The SMILES string of the molecule is CCCC(CC(=O)C1[C@H]2CCC[C@H]2CN1C(=O)[C@@H](NC(=O)[C@H](CC(=O)c1cnccn1)C(C)C)C(C)(C)C)C(=O)C(=O)CC1CCC1. The molecular formula is C37H54N4O6. The number of fused-ring (bicyclic) bond motifs is 1. The van der Waals surface area contributed by atoms with Crippen molar-refractivity contribution in [1.82, 2.24) is 20.2 Å². The van der Waals surface area contributed by atoms with Crippen molar-refractivity contribution in [3.8, 4) is 0 Å². The maximum absolute atomic E-state index is 14.5. The van der Waals surface area contributed by atoms with Crippen LogP contribution in [-0.4, -0.2) is 68.4 Å². The largest absolute Gasteiger partial charge is 0.344 e. The highest BCUT2D eigenvalue weighted by atomic mass is 16.2. The van der Waals surface area contributed by atoms with Crippen LogP contribution in [0.2, 0.25) is 0 Å². The van der Waals surface area contributed by atoms with E-state index in [9.17, 15) is 28.8 Å². The number of nitrogens with one attached hydrogen (secondary N) is 1. The molecule has 0 spiro atoms. The van der Waals surface area contributed by atoms with Gasteiger partial charge in [0, 0.05) is 50.0 Å². The second-order valence-corrected chi connectivity index (χ2v) is 15.6. The van der Waals surface area contributed by atoms with Crippen LogP contribution in [0.1, 0.15) is 123 Å². The summed E-state index contributed by atoms with van der Waals surface area (Å²) in [6.07, 6.45) is 11.3. The lowest BCUT2D eigenvalue weighted by atomic mass is 9.79. The minimum absolute atomic E-state index is 0.00107. The van der Waals surface area contributed by atoms with Crippen molar-refractivity contribution < 1.29 is 28.8 Å². The number of nitrogens with zero attached hydrogens (tertiary/aromatic N) is 3. The van der Waals surface area contributed by atoms with E-state index in [0.717, 1.165) is 38.5 Å². The van der Waals surface area contributed by atoms with Gasteiger partial charge in [-0.15, -0.1) is 0 Å². The van der Waals surface area contributed by atoms with Crippen molar-refractivity contribution in [2.45, 2.75) is 124 Å². The van der Waals surface area contributed by atoms with E-state index in [1.165, 1.54) is 18.6 Å². The summed E-state index contributed by atoms with van der Waals surface area (Å²) in [6, 6.07) is -1.63. The van der Waals surface area contributed by atoms with Crippen molar-refractivity contribution >= 4 is 34.9 Å². The Morgan fingerprint density at radius 1 is 0.979 bits per heavy atom. The van der Waals surface area contributed by atoms with Crippen LogP contribution in [0.4, 0.5) is 0 Å². The van der Waals surface area contributed by atoms with Gasteiger partial charge in [-0.3, -0.25) is 33.8 Å². The molecule has 10 heteroatoms. The number of carbonyl (C=O) groups is 6. The zero-order valence-corrected chi connectivity index (χ0v) is 29.1. The highest BCUT2D eigenvalue weighted by Gasteiger charge is 2.52. The molecule has 1 aromatic rings. The number of ketones is 4. The smallest absolute Gasteiger partial charge is 0.246 e. The normalized spacial score (nSPS) is 23.0. The topological polar surface area (TPSA) is 143 Å². The molecule has 258 valence electrons. The summed E-state index contributed by atoms with van der Waals surface area (Å²) in [5, 5.41) is 2.99. The highest BCUT2D eigenvalue weighted by Crippen LogP contribution is 2.44. The van der Waals surface area contributed by atoms with E-state index in [1.807, 2.05) is 41.5 Å². The third-order valence-corrected chi connectivity index (χ3v) is 10.7. The second kappa shape index (κ2) is 15.7. The average Bonchev–Trinajstić information content (AvgIpc) is 3.60. The first-order chi connectivity index (χ1) is 22.2. The fourth-order valence-corrected chi connectivity index (χ4v) is 7.71. The number of likely N-dealkylation sites (tertiary alicyclic amines) is 1. The Labute approximate surface area is 279 Å². The summed E-state index contributed by atoms with van der Waals surface area (Å²) >= 11 is 0. The van der Waals surface area contributed by atoms with Crippen LogP contribution in [0.5, 0.6) is 0 Å². The molecule has 2 aliphatic carbocycles. The molecule has 1 aliphatic heterocycles. The van der Waals surface area contributed by atoms with E-state index in [4.69, 9.17) is 0 Å². The summed E-state index contributed by atoms with van der Waals surface area (Å²) < 4.78 is 0. The summed E-state index contributed by atoms with van der Waals surface area (Å²) in [4.78, 5) is 91.3. The van der Waals surface area contributed by atoms with Crippen LogP contribution >= 0.6 is 0 Å². The fraction of sp³-hybridized carbons (Fsp3) is 0.730. The molecule has 2 heterocycles. The summed E-state index contributed by atoms with van der Waals surface area (Å²) in [5.74, 6) is -3.10. The Balaban J connectivity index is 1.53. The summed E-state index contributed by atoms with van der Waals surface area (Å²) in [7, 11) is 0. The monoisotopic (exact) mass is 650 g/mol. The molecule has 0 bridgehead atoms. The molecule has 47 heavy (non-hydrogen) atoms. The van der Waals surface area contributed by atoms with Gasteiger partial charge in [0.05, 0.1) is 12.2 Å². The number of hydrogen-bond donors (Lipinski definition) is 1. The molecule has 2 unspecified atom stereocenters. The van der Waals surface area contributed by atoms with E-state index in [2.05, 4.69) is 15.3 Å². The quantitative estimate of drug-likeness (QED) is 0.190. The third kappa shape index (κ3) is 8.79. The van der Waals surface area contributed by atoms with E-state index in [1.54, 1.807) is 4.90 Å². The van der Waals surface area contributed by atoms with Crippen LogP contribution in [0, 0.1) is 40.9 Å². The zero-order chi connectivity index (χ0) is 34.5. The van der Waals surface area contributed by atoms with Crippen LogP contribution in [0.25, 0.3) is 0 Å². The van der Waals surface area contributed by atoms with E-state index >= 15 is 0 Å².